The summed E-state index contributed by atoms with van der Waals surface area (Å²) in [5.74, 6) is 0.601. The van der Waals surface area contributed by atoms with Gasteiger partial charge in [0.25, 0.3) is 5.82 Å². The number of hydrogen-bond acceptors (Lipinski definition) is 6. The number of piperazine rings is 1. The van der Waals surface area contributed by atoms with Gasteiger partial charge in [-0.25, -0.2) is 4.79 Å². The molecule has 0 bridgehead atoms. The zero-order valence-electron chi connectivity index (χ0n) is 20.5. The van der Waals surface area contributed by atoms with E-state index >= 15 is 0 Å². The van der Waals surface area contributed by atoms with Crippen LogP contribution in [0.25, 0.3) is 15.9 Å². The van der Waals surface area contributed by atoms with Crippen molar-refractivity contribution in [2.75, 3.05) is 31.7 Å². The summed E-state index contributed by atoms with van der Waals surface area (Å²) in [4.78, 5) is 29.1. The molecule has 1 unspecified atom stereocenters. The van der Waals surface area contributed by atoms with E-state index in [0.717, 1.165) is 17.7 Å². The zero-order valence-corrected chi connectivity index (χ0v) is 20.5. The minimum Gasteiger partial charge on any atom is -0.383 e. The maximum Gasteiger partial charge on any atom is 0.416 e. The van der Waals surface area contributed by atoms with Crippen molar-refractivity contribution >= 4 is 22.7 Å². The fourth-order valence-electron chi connectivity index (χ4n) is 4.80. The molecule has 0 aliphatic carbocycles. The van der Waals surface area contributed by atoms with Gasteiger partial charge in [-0.2, -0.15) is 18.2 Å². The van der Waals surface area contributed by atoms with Gasteiger partial charge in [-0.15, -0.1) is 4.98 Å². The van der Waals surface area contributed by atoms with Gasteiger partial charge in [-0.1, -0.05) is 18.7 Å². The summed E-state index contributed by atoms with van der Waals surface area (Å²) in [6.45, 7) is 12.7. The van der Waals surface area contributed by atoms with Crippen LogP contribution < -0.4 is 10.6 Å². The molecule has 2 aromatic heterocycles. The van der Waals surface area contributed by atoms with Crippen molar-refractivity contribution in [1.82, 2.24) is 19.4 Å². The van der Waals surface area contributed by atoms with Crippen molar-refractivity contribution in [3.8, 4) is 0 Å². The van der Waals surface area contributed by atoms with Crippen molar-refractivity contribution < 1.29 is 17.9 Å². The number of aromatic nitrogens is 3. The van der Waals surface area contributed by atoms with Crippen LogP contribution in [-0.4, -0.2) is 58.3 Å². The number of benzene rings is 1. The van der Waals surface area contributed by atoms with Crippen LogP contribution in [-0.2, 0) is 18.0 Å². The number of alkyl halides is 3. The Hall–Kier alpha value is -3.49. The highest BCUT2D eigenvalue weighted by Crippen LogP contribution is 2.34. The van der Waals surface area contributed by atoms with E-state index in [1.54, 1.807) is 26.3 Å². The molecule has 3 heterocycles. The van der Waals surface area contributed by atoms with E-state index in [9.17, 15) is 18.0 Å². The fourth-order valence-corrected chi connectivity index (χ4v) is 4.80. The average molecular weight is 501 g/mol. The second-order valence-electron chi connectivity index (χ2n) is 9.03. The van der Waals surface area contributed by atoms with E-state index in [-0.39, 0.29) is 23.9 Å². The van der Waals surface area contributed by atoms with Crippen LogP contribution in [0, 0.1) is 6.57 Å². The molecule has 11 heteroatoms. The normalized spacial score (nSPS) is 19.9. The number of pyridine rings is 1. The number of fused-ring (bicyclic) bond motifs is 1. The number of ether oxygens (including phenoxy) is 1. The van der Waals surface area contributed by atoms with Gasteiger partial charge in [0.2, 0.25) is 5.52 Å². The minimum atomic E-state index is -4.38. The highest BCUT2D eigenvalue weighted by atomic mass is 19.4. The lowest BCUT2D eigenvalue weighted by Gasteiger charge is -2.47. The Balaban J connectivity index is 1.69. The van der Waals surface area contributed by atoms with E-state index < -0.39 is 17.4 Å². The topological polar surface area (TPSA) is 67.9 Å². The van der Waals surface area contributed by atoms with Crippen LogP contribution >= 0.6 is 0 Å². The smallest absolute Gasteiger partial charge is 0.383 e. The van der Waals surface area contributed by atoms with Gasteiger partial charge in [0, 0.05) is 39.3 Å². The van der Waals surface area contributed by atoms with E-state index in [2.05, 4.69) is 19.7 Å². The second-order valence-corrected chi connectivity index (χ2v) is 9.03. The lowest BCUT2D eigenvalue weighted by molar-refractivity contribution is -0.137. The molecule has 1 aliphatic rings. The summed E-state index contributed by atoms with van der Waals surface area (Å²) in [6, 6.07) is 8.13. The molecule has 190 valence electrons. The maximum atomic E-state index is 13.0. The van der Waals surface area contributed by atoms with E-state index in [1.807, 2.05) is 18.7 Å². The Morgan fingerprint density at radius 2 is 1.86 bits per heavy atom. The first-order valence-electron chi connectivity index (χ1n) is 11.5. The number of halogens is 3. The average Bonchev–Trinajstić information content (AvgIpc) is 2.86. The first-order chi connectivity index (χ1) is 17.0. The zero-order chi connectivity index (χ0) is 26.2. The lowest BCUT2D eigenvalue weighted by Crippen LogP contribution is -2.60. The molecule has 1 aromatic carbocycles. The molecular formula is C25H27F3N6O2. The van der Waals surface area contributed by atoms with Crippen molar-refractivity contribution in [3.63, 3.8) is 0 Å². The summed E-state index contributed by atoms with van der Waals surface area (Å²) < 4.78 is 45.9. The van der Waals surface area contributed by atoms with Crippen LogP contribution in [0.5, 0.6) is 0 Å². The van der Waals surface area contributed by atoms with E-state index in [4.69, 9.17) is 11.3 Å². The largest absolute Gasteiger partial charge is 0.416 e. The van der Waals surface area contributed by atoms with Gasteiger partial charge in [-0.3, -0.25) is 9.47 Å². The van der Waals surface area contributed by atoms with Gasteiger partial charge >= 0.3 is 11.9 Å². The predicted octanol–water partition coefficient (Wildman–Crippen LogP) is 4.18. The highest BCUT2D eigenvalue weighted by molar-refractivity contribution is 5.87. The second kappa shape index (κ2) is 9.87. The summed E-state index contributed by atoms with van der Waals surface area (Å²) in [7, 11) is 3.20. The number of nitrogens with zero attached hydrogens (tertiary/aromatic N) is 6. The molecule has 0 spiro atoms. The van der Waals surface area contributed by atoms with Crippen LogP contribution in [0.15, 0.2) is 41.2 Å². The molecule has 1 aliphatic heterocycles. The van der Waals surface area contributed by atoms with Gasteiger partial charge in [-0.05, 0) is 43.7 Å². The molecule has 3 atom stereocenters. The third kappa shape index (κ3) is 4.79. The molecule has 3 aromatic rings. The molecule has 1 fully saturated rings. The molecular weight excluding hydrogens is 473 g/mol. The van der Waals surface area contributed by atoms with Crippen molar-refractivity contribution in [2.45, 2.75) is 38.1 Å². The Morgan fingerprint density at radius 3 is 2.47 bits per heavy atom. The third-order valence-electron chi connectivity index (χ3n) is 6.77. The monoisotopic (exact) mass is 500 g/mol. The van der Waals surface area contributed by atoms with Crippen molar-refractivity contribution in [2.24, 2.45) is 7.05 Å². The van der Waals surface area contributed by atoms with Gasteiger partial charge in [0.15, 0.2) is 5.82 Å². The molecule has 4 rings (SSSR count). The molecule has 0 N–H and O–H groups in total. The van der Waals surface area contributed by atoms with Crippen LogP contribution in [0.1, 0.15) is 31.0 Å². The van der Waals surface area contributed by atoms with Crippen molar-refractivity contribution in [1.29, 1.82) is 0 Å². The van der Waals surface area contributed by atoms with Crippen LogP contribution in [0.4, 0.5) is 24.8 Å². The Bertz CT molecular complexity index is 1350. The number of rotatable bonds is 5. The third-order valence-corrected chi connectivity index (χ3v) is 6.77. The number of hydrogen-bond donors (Lipinski definition) is 0. The Morgan fingerprint density at radius 1 is 1.17 bits per heavy atom. The first-order valence-corrected chi connectivity index (χ1v) is 11.5. The molecule has 1 saturated heterocycles. The summed E-state index contributed by atoms with van der Waals surface area (Å²) in [6.07, 6.45) is -4.38. The fraction of sp³-hybridized carbons (Fsp3) is 0.440. The van der Waals surface area contributed by atoms with E-state index in [0.29, 0.717) is 36.5 Å². The van der Waals surface area contributed by atoms with Crippen molar-refractivity contribution in [3.05, 3.63) is 69.4 Å². The number of aryl methyl sites for hydroxylation is 1. The maximum absolute atomic E-state index is 13.0. The standard InChI is InChI=1S/C25H27F3N6O2/c1-15-12-34(23-22-20(32(4)24(35)31-23)10-11-21(29-3)30-22)19(14-36-5)13-33(15)16(2)17-6-8-18(9-7-17)25(26,27)28/h6-11,15-16,19H,12-14H2,1-2,4-5H3/t15-,16?,19-/m1/s1. The van der Waals surface area contributed by atoms with Crippen LogP contribution in [0.3, 0.4) is 0 Å². The summed E-state index contributed by atoms with van der Waals surface area (Å²) in [5.41, 5.74) is 0.701. The quantitative estimate of drug-likeness (QED) is 0.490. The Labute approximate surface area is 206 Å². The summed E-state index contributed by atoms with van der Waals surface area (Å²) in [5, 5.41) is 0. The minimum absolute atomic E-state index is 0.0275. The predicted molar refractivity (Wildman–Crippen MR) is 130 cm³/mol. The molecule has 8 nitrogen and oxygen atoms in total. The molecule has 36 heavy (non-hydrogen) atoms. The summed E-state index contributed by atoms with van der Waals surface area (Å²) >= 11 is 0. The highest BCUT2D eigenvalue weighted by Gasteiger charge is 2.37. The molecule has 0 saturated carbocycles. The molecule has 0 amide bonds. The van der Waals surface area contributed by atoms with Crippen LogP contribution in [0.2, 0.25) is 0 Å². The molecule has 0 radical (unpaired) electrons. The lowest BCUT2D eigenvalue weighted by atomic mass is 9.99. The van der Waals surface area contributed by atoms with Gasteiger partial charge < -0.3 is 14.5 Å². The Kier molecular flexibility index (Phi) is 7.02. The van der Waals surface area contributed by atoms with E-state index in [1.165, 1.54) is 16.7 Å². The van der Waals surface area contributed by atoms with Gasteiger partial charge in [0.1, 0.15) is 0 Å². The number of methoxy groups -OCH3 is 1. The first kappa shape index (κ1) is 25.6. The SMILES string of the molecule is [C-]#[N+]c1ccc2c(n1)c(N1C[C@@H](C)N(C(C)c3ccc(C(F)(F)F)cc3)C[C@@H]1COC)nc(=O)n2C. The van der Waals surface area contributed by atoms with Gasteiger partial charge in [0.05, 0.1) is 23.7 Å². The number of anilines is 1.